The summed E-state index contributed by atoms with van der Waals surface area (Å²) in [6.07, 6.45) is 0. The summed E-state index contributed by atoms with van der Waals surface area (Å²) in [6, 6.07) is 13.4. The maximum atomic E-state index is 2.44. The molecule has 10 aliphatic heterocycles. The maximum absolute atomic E-state index is 2.68. The summed E-state index contributed by atoms with van der Waals surface area (Å²) in [5, 5.41) is 1.78. The van der Waals surface area contributed by atoms with Gasteiger partial charge in [-0.1, -0.05) is 0 Å². The Morgan fingerprint density at radius 2 is 1.42 bits per heavy atom. The molecule has 10 heterocycles. The monoisotopic (exact) mass is 306 g/mol. The summed E-state index contributed by atoms with van der Waals surface area (Å²) >= 11 is 0. The third-order valence-electron chi connectivity index (χ3n) is 16.6. The van der Waals surface area contributed by atoms with Gasteiger partial charge in [-0.25, -0.2) is 0 Å². The second-order valence-corrected chi connectivity index (χ2v) is 37.3. The van der Waals surface area contributed by atoms with Gasteiger partial charge in [0.15, 0.2) is 0 Å². The molecule has 4 unspecified atom stereocenters. The van der Waals surface area contributed by atoms with E-state index in [-0.39, 0.29) is 9.52 Å². The number of hydrogen-bond acceptors (Lipinski definition) is 0. The van der Waals surface area contributed by atoms with Crippen LogP contribution in [0.1, 0.15) is 0 Å². The van der Waals surface area contributed by atoms with E-state index in [1.165, 1.54) is 13.9 Å². The predicted molar refractivity (Wildman–Crippen MR) is 75.9 cm³/mol. The summed E-state index contributed by atoms with van der Waals surface area (Å²) < 4.78 is 1.21. The van der Waals surface area contributed by atoms with Crippen LogP contribution in [-0.4, -0.2) is 9.52 Å². The topological polar surface area (TPSA) is 0 Å². The van der Waals surface area contributed by atoms with Gasteiger partial charge in [0.05, 0.1) is 0 Å². The standard InChI is InChI=1S/C12H13Si.C5H5.Fe/c1-2-8-12(9-3-1)13-10-11-6-4-5-7-11;1-2-4-5-3-1;/h1-9H,10,13H2;1-5H;. The van der Waals surface area contributed by atoms with Gasteiger partial charge in [0.25, 0.3) is 0 Å². The average molecular weight is 306 g/mol. The van der Waals surface area contributed by atoms with E-state index in [0.29, 0.717) is 0 Å². The third kappa shape index (κ3) is 0.0888. The van der Waals surface area contributed by atoms with Crippen molar-refractivity contribution in [1.82, 2.24) is 0 Å². The Balaban J connectivity index is 1.26. The third-order valence-corrected chi connectivity index (χ3v) is 62.3. The van der Waals surface area contributed by atoms with Gasteiger partial charge >= 0.3 is 105 Å². The van der Waals surface area contributed by atoms with E-state index in [2.05, 4.69) is 30.3 Å². The summed E-state index contributed by atoms with van der Waals surface area (Å²) in [6.45, 7) is -2.68. The Kier molecular flexibility index (Phi) is 0.256. The van der Waals surface area contributed by atoms with E-state index in [1.807, 2.05) is 6.04 Å². The van der Waals surface area contributed by atoms with Crippen LogP contribution >= 0.6 is 0 Å². The van der Waals surface area contributed by atoms with Gasteiger partial charge in [0.2, 0.25) is 0 Å². The van der Waals surface area contributed by atoms with Crippen LogP contribution in [-0.2, 0) is 6.51 Å². The van der Waals surface area contributed by atoms with Crippen LogP contribution in [0.2, 0.25) is 53.7 Å². The van der Waals surface area contributed by atoms with Crippen molar-refractivity contribution in [3.8, 4) is 0 Å². The van der Waals surface area contributed by atoms with E-state index in [1.54, 1.807) is 38.9 Å². The van der Waals surface area contributed by atoms with Crippen molar-refractivity contribution in [2.45, 2.75) is 53.7 Å². The van der Waals surface area contributed by atoms with Gasteiger partial charge < -0.3 is 0 Å². The molecule has 0 amide bonds. The van der Waals surface area contributed by atoms with Crippen molar-refractivity contribution in [1.29, 1.82) is 0 Å². The fraction of sp³-hybridized carbons (Fsp3) is 0.647. The molecule has 11 rings (SSSR count). The van der Waals surface area contributed by atoms with Crippen LogP contribution in [0, 0.1) is 0 Å². The molecule has 0 bridgehead atoms. The molecule has 0 saturated carbocycles. The zero-order valence-electron chi connectivity index (χ0n) is 10.9. The van der Waals surface area contributed by atoms with E-state index >= 15 is 0 Å². The normalized spacial score (nSPS) is 108. The number of rotatable bonds is 3. The molecule has 10 aliphatic rings. The minimum atomic E-state index is -2.68. The molecule has 0 aromatic heterocycles. The van der Waals surface area contributed by atoms with E-state index < -0.39 is 6.51 Å². The number of hydrogen-bond donors (Lipinski definition) is 0. The van der Waals surface area contributed by atoms with E-state index in [9.17, 15) is 0 Å². The van der Waals surface area contributed by atoms with Gasteiger partial charge in [-0.05, 0) is 0 Å². The number of benzene rings is 1. The Bertz CT molecular complexity index is 1060. The Hall–Kier alpha value is -0.0436. The van der Waals surface area contributed by atoms with Crippen LogP contribution < -0.4 is 5.19 Å². The molecule has 4 atom stereocenters. The van der Waals surface area contributed by atoms with Crippen LogP contribution in [0.5, 0.6) is 0 Å². The molecule has 1 aromatic carbocycles. The Labute approximate surface area is 105 Å². The van der Waals surface area contributed by atoms with Crippen molar-refractivity contribution < 1.29 is 6.51 Å². The zero-order chi connectivity index (χ0) is 11.5. The Morgan fingerprint density at radius 1 is 0.842 bits per heavy atom. The average Bonchev–Trinajstić information content (AvgIpc) is 3.38. The Morgan fingerprint density at radius 3 is 1.84 bits per heavy atom. The van der Waals surface area contributed by atoms with Crippen LogP contribution in [0.15, 0.2) is 30.3 Å². The summed E-state index contributed by atoms with van der Waals surface area (Å²) in [4.78, 5) is 13.8. The fourth-order valence-electron chi connectivity index (χ4n) is 18.3. The van der Waals surface area contributed by atoms with Crippen molar-refractivity contribution in [2.24, 2.45) is 0 Å². The second-order valence-electron chi connectivity index (χ2n) is 11.8. The van der Waals surface area contributed by atoms with Crippen molar-refractivity contribution >= 4 is 14.7 Å². The van der Waals surface area contributed by atoms with Crippen LogP contribution in [0.25, 0.3) is 0 Å². The first kappa shape index (κ1) is 7.29. The first-order valence-corrected chi connectivity index (χ1v) is 16.4. The first-order valence-electron chi connectivity index (χ1n) is 8.38. The molecule has 19 heavy (non-hydrogen) atoms. The molecule has 1 spiro atoms. The van der Waals surface area contributed by atoms with Crippen molar-refractivity contribution in [2.75, 3.05) is 0 Å². The summed E-state index contributed by atoms with van der Waals surface area (Å²) in [5.41, 5.74) is 0. The van der Waals surface area contributed by atoms with Crippen molar-refractivity contribution in [3.63, 3.8) is 0 Å². The van der Waals surface area contributed by atoms with Crippen molar-refractivity contribution in [3.05, 3.63) is 30.3 Å². The van der Waals surface area contributed by atoms with E-state index in [0.717, 1.165) is 0 Å². The van der Waals surface area contributed by atoms with Crippen LogP contribution in [0.4, 0.5) is 0 Å². The second kappa shape index (κ2) is 0.667. The van der Waals surface area contributed by atoms with Gasteiger partial charge in [0.1, 0.15) is 0 Å². The molecular formula is C17H18FeSi. The predicted octanol–water partition coefficient (Wildman–Crippen LogP) is 3.66. The molecule has 0 N–H and O–H groups in total. The molecule has 1 aromatic rings. The molecular weight excluding hydrogens is 288 g/mol. The molecule has 2 heteroatoms. The molecule has 10 fully saturated rings. The van der Waals surface area contributed by atoms with Gasteiger partial charge in [-0.3, -0.25) is 0 Å². The molecule has 0 aliphatic carbocycles. The first-order chi connectivity index (χ1) is 9.12. The molecule has 10 saturated heterocycles. The summed E-state index contributed by atoms with van der Waals surface area (Å²) in [7, 11) is 0.0651. The summed E-state index contributed by atoms with van der Waals surface area (Å²) in [5.74, 6) is 0. The molecule has 98 valence electrons. The number of fused-ring (bicyclic) bond motifs is 10. The fourth-order valence-corrected chi connectivity index (χ4v) is 100. The molecule has 0 nitrogen and oxygen atoms in total. The zero-order valence-corrected chi connectivity index (χ0v) is 13.4. The SMILES string of the molecule is c1ccc([SiH2]C[C]23[CH]4[CH]5[CH]6[CH]2[Fe]56432789[CH]3[CH]2[CH]7[CH]8[CH]39)cc1. The van der Waals surface area contributed by atoms with Gasteiger partial charge in [-0.2, -0.15) is 0 Å². The van der Waals surface area contributed by atoms with Gasteiger partial charge in [0, 0.05) is 0 Å². The quantitative estimate of drug-likeness (QED) is 0.748. The van der Waals surface area contributed by atoms with E-state index in [4.69, 9.17) is 0 Å². The van der Waals surface area contributed by atoms with Crippen LogP contribution in [0.3, 0.4) is 0 Å². The molecule has 0 radical (unpaired) electrons. The van der Waals surface area contributed by atoms with Gasteiger partial charge in [-0.15, -0.1) is 0 Å². The minimum absolute atomic E-state index is 0.0651.